The van der Waals surface area contributed by atoms with E-state index in [1.165, 1.54) is 6.07 Å². The number of hydrogen-bond acceptors (Lipinski definition) is 3. The Hall–Kier alpha value is -3.03. The van der Waals surface area contributed by atoms with Crippen LogP contribution in [0.3, 0.4) is 0 Å². The number of benzene rings is 2. The van der Waals surface area contributed by atoms with Crippen molar-refractivity contribution >= 4 is 11.8 Å². The quantitative estimate of drug-likeness (QED) is 0.841. The zero-order valence-electron chi connectivity index (χ0n) is 14.9. The zero-order valence-corrected chi connectivity index (χ0v) is 14.9. The van der Waals surface area contributed by atoms with Gasteiger partial charge in [-0.2, -0.15) is 13.2 Å². The van der Waals surface area contributed by atoms with Crippen molar-refractivity contribution < 1.29 is 27.9 Å². The number of halogens is 3. The summed E-state index contributed by atoms with van der Waals surface area (Å²) < 4.78 is 37.8. The van der Waals surface area contributed by atoms with E-state index < -0.39 is 17.6 Å². The van der Waals surface area contributed by atoms with Crippen molar-refractivity contribution in [3.05, 3.63) is 65.2 Å². The highest BCUT2D eigenvalue weighted by Crippen LogP contribution is 2.29. The van der Waals surface area contributed by atoms with Gasteiger partial charge in [0.2, 0.25) is 0 Å². The van der Waals surface area contributed by atoms with Crippen molar-refractivity contribution in [3.63, 3.8) is 0 Å². The van der Waals surface area contributed by atoms with Crippen molar-refractivity contribution in [1.29, 1.82) is 0 Å². The molecule has 148 valence electrons. The van der Waals surface area contributed by atoms with Gasteiger partial charge in [0.25, 0.3) is 11.8 Å². The first-order valence-electron chi connectivity index (χ1n) is 8.81. The van der Waals surface area contributed by atoms with Gasteiger partial charge in [-0.05, 0) is 49.2 Å². The number of para-hydroxylation sites is 1. The topological polar surface area (TPSA) is 69.6 Å². The molecule has 0 radical (unpaired) electrons. The Labute approximate surface area is 159 Å². The highest BCUT2D eigenvalue weighted by molar-refractivity contribution is 5.97. The Morgan fingerprint density at radius 2 is 1.61 bits per heavy atom. The van der Waals surface area contributed by atoms with Crippen LogP contribution in [-0.2, 0) is 6.18 Å². The smallest absolute Gasteiger partial charge is 0.416 e. The van der Waals surface area contributed by atoms with Crippen LogP contribution in [0.1, 0.15) is 39.1 Å². The van der Waals surface area contributed by atoms with Gasteiger partial charge < -0.3 is 15.3 Å². The molecule has 2 aromatic carbocycles. The minimum atomic E-state index is -4.44. The third-order valence-electron chi connectivity index (χ3n) is 4.73. The van der Waals surface area contributed by atoms with Gasteiger partial charge in [-0.3, -0.25) is 9.59 Å². The second kappa shape index (κ2) is 7.92. The summed E-state index contributed by atoms with van der Waals surface area (Å²) in [4.78, 5) is 26.3. The lowest BCUT2D eigenvalue weighted by Gasteiger charge is -2.32. The number of rotatable bonds is 3. The minimum Gasteiger partial charge on any atom is -0.507 e. The summed E-state index contributed by atoms with van der Waals surface area (Å²) in [6, 6.07) is 10.2. The summed E-state index contributed by atoms with van der Waals surface area (Å²) in [7, 11) is 0. The largest absolute Gasteiger partial charge is 0.507 e. The predicted octanol–water partition coefficient (Wildman–Crippen LogP) is 3.45. The monoisotopic (exact) mass is 392 g/mol. The first kappa shape index (κ1) is 19.7. The maximum atomic E-state index is 12.6. The Morgan fingerprint density at radius 3 is 2.18 bits per heavy atom. The van der Waals surface area contributed by atoms with Gasteiger partial charge in [-0.25, -0.2) is 0 Å². The van der Waals surface area contributed by atoms with E-state index >= 15 is 0 Å². The fraction of sp³-hybridized carbons (Fsp3) is 0.300. The minimum absolute atomic E-state index is 0.0785. The molecule has 2 amide bonds. The van der Waals surface area contributed by atoms with Gasteiger partial charge in [0.15, 0.2) is 0 Å². The molecule has 0 spiro atoms. The average Bonchev–Trinajstić information content (AvgIpc) is 2.68. The van der Waals surface area contributed by atoms with E-state index in [1.807, 2.05) is 0 Å². The molecule has 1 aliphatic heterocycles. The van der Waals surface area contributed by atoms with Crippen molar-refractivity contribution in [3.8, 4) is 5.75 Å². The number of piperidine rings is 1. The summed E-state index contributed by atoms with van der Waals surface area (Å²) in [6.07, 6.45) is -3.40. The van der Waals surface area contributed by atoms with Crippen LogP contribution in [0.4, 0.5) is 13.2 Å². The number of hydrogen-bond donors (Lipinski definition) is 2. The molecule has 2 N–H and O–H groups in total. The molecule has 3 rings (SSSR count). The molecule has 0 unspecified atom stereocenters. The van der Waals surface area contributed by atoms with Gasteiger partial charge in [-0.15, -0.1) is 0 Å². The fourth-order valence-corrected chi connectivity index (χ4v) is 3.13. The van der Waals surface area contributed by atoms with Gasteiger partial charge in [-0.1, -0.05) is 12.1 Å². The predicted molar refractivity (Wildman–Crippen MR) is 95.9 cm³/mol. The van der Waals surface area contributed by atoms with E-state index in [-0.39, 0.29) is 28.8 Å². The van der Waals surface area contributed by atoms with Crippen molar-refractivity contribution in [2.45, 2.75) is 25.1 Å². The molecule has 1 aliphatic rings. The molecule has 0 atom stereocenters. The summed E-state index contributed by atoms with van der Waals surface area (Å²) in [5.74, 6) is -0.796. The first-order valence-corrected chi connectivity index (χ1v) is 8.81. The molecular formula is C20H19F3N2O3. The molecule has 1 heterocycles. The van der Waals surface area contributed by atoms with Crippen LogP contribution in [0.5, 0.6) is 5.75 Å². The van der Waals surface area contributed by atoms with Crippen LogP contribution in [-0.4, -0.2) is 41.0 Å². The Kier molecular flexibility index (Phi) is 5.58. The van der Waals surface area contributed by atoms with Crippen LogP contribution in [0.15, 0.2) is 48.5 Å². The molecular weight excluding hydrogens is 373 g/mol. The van der Waals surface area contributed by atoms with E-state index in [4.69, 9.17) is 0 Å². The van der Waals surface area contributed by atoms with E-state index in [0.29, 0.717) is 25.9 Å². The van der Waals surface area contributed by atoms with Crippen molar-refractivity contribution in [2.24, 2.45) is 0 Å². The maximum Gasteiger partial charge on any atom is 0.416 e. The molecule has 0 aromatic heterocycles. The highest BCUT2D eigenvalue weighted by Gasteiger charge is 2.30. The van der Waals surface area contributed by atoms with E-state index in [2.05, 4.69) is 5.32 Å². The molecule has 1 fully saturated rings. The van der Waals surface area contributed by atoms with Crippen LogP contribution in [0.25, 0.3) is 0 Å². The third-order valence-corrected chi connectivity index (χ3v) is 4.73. The van der Waals surface area contributed by atoms with Crippen LogP contribution in [0, 0.1) is 0 Å². The maximum absolute atomic E-state index is 12.6. The van der Waals surface area contributed by atoms with Crippen LogP contribution in [0.2, 0.25) is 0 Å². The Balaban J connectivity index is 1.55. The number of carbonyl (C=O) groups is 2. The number of phenols is 1. The lowest BCUT2D eigenvalue weighted by Crippen LogP contribution is -2.46. The number of likely N-dealkylation sites (tertiary alicyclic amines) is 1. The average molecular weight is 392 g/mol. The van der Waals surface area contributed by atoms with E-state index in [0.717, 1.165) is 24.3 Å². The Bertz CT molecular complexity index is 858. The van der Waals surface area contributed by atoms with Gasteiger partial charge >= 0.3 is 6.18 Å². The summed E-state index contributed by atoms with van der Waals surface area (Å²) in [6.45, 7) is 0.816. The van der Waals surface area contributed by atoms with Crippen LogP contribution >= 0.6 is 0 Å². The lowest BCUT2D eigenvalue weighted by molar-refractivity contribution is -0.137. The SMILES string of the molecule is O=C(NC1CCN(C(=O)c2ccccc2O)CC1)c1ccc(C(F)(F)F)cc1. The number of carbonyl (C=O) groups excluding carboxylic acids is 2. The van der Waals surface area contributed by atoms with E-state index in [9.17, 15) is 27.9 Å². The molecule has 28 heavy (non-hydrogen) atoms. The van der Waals surface area contributed by atoms with Gasteiger partial charge in [0.05, 0.1) is 11.1 Å². The second-order valence-corrected chi connectivity index (χ2v) is 6.63. The summed E-state index contributed by atoms with van der Waals surface area (Å²) in [5, 5.41) is 12.6. The molecule has 5 nitrogen and oxygen atoms in total. The normalized spacial score (nSPS) is 15.3. The molecule has 0 bridgehead atoms. The number of nitrogens with zero attached hydrogens (tertiary/aromatic N) is 1. The second-order valence-electron chi connectivity index (χ2n) is 6.63. The molecule has 8 heteroatoms. The van der Waals surface area contributed by atoms with Crippen LogP contribution < -0.4 is 5.32 Å². The summed E-state index contributed by atoms with van der Waals surface area (Å²) in [5.41, 5.74) is -0.421. The first-order chi connectivity index (χ1) is 13.3. The van der Waals surface area contributed by atoms with Gasteiger partial charge in [0.1, 0.15) is 5.75 Å². The van der Waals surface area contributed by atoms with Gasteiger partial charge in [0, 0.05) is 24.7 Å². The Morgan fingerprint density at radius 1 is 1.00 bits per heavy atom. The molecule has 0 aliphatic carbocycles. The lowest BCUT2D eigenvalue weighted by atomic mass is 10.0. The molecule has 1 saturated heterocycles. The van der Waals surface area contributed by atoms with Crippen molar-refractivity contribution in [2.75, 3.05) is 13.1 Å². The molecule has 0 saturated carbocycles. The van der Waals surface area contributed by atoms with Crippen molar-refractivity contribution in [1.82, 2.24) is 10.2 Å². The zero-order chi connectivity index (χ0) is 20.3. The highest BCUT2D eigenvalue weighted by atomic mass is 19.4. The number of nitrogens with one attached hydrogen (secondary N) is 1. The number of phenolic OH excluding ortho intramolecular Hbond substituents is 1. The third kappa shape index (κ3) is 4.44. The number of amides is 2. The standard InChI is InChI=1S/C20H19F3N2O3/c21-20(22,23)14-7-5-13(6-8-14)18(27)24-15-9-11-25(12-10-15)19(28)16-3-1-2-4-17(16)26/h1-8,15,26H,9-12H2,(H,24,27). The van der Waals surface area contributed by atoms with E-state index in [1.54, 1.807) is 23.1 Å². The molecule has 2 aromatic rings. The number of alkyl halides is 3. The number of aromatic hydroxyl groups is 1. The fourth-order valence-electron chi connectivity index (χ4n) is 3.13. The summed E-state index contributed by atoms with van der Waals surface area (Å²) >= 11 is 0.